The Labute approximate surface area is 83.0 Å². The maximum absolute atomic E-state index is 10.6. The molecule has 12 heavy (non-hydrogen) atoms. The van der Waals surface area contributed by atoms with Gasteiger partial charge in [-0.05, 0) is 12.1 Å². The lowest BCUT2D eigenvalue weighted by molar-refractivity contribution is -0.130. The molecule has 0 saturated heterocycles. The molecule has 5 heteroatoms. The predicted molar refractivity (Wildman–Crippen MR) is 50.8 cm³/mol. The summed E-state index contributed by atoms with van der Waals surface area (Å²) in [6, 6.07) is 3.25. The number of carbonyl (C=O) groups is 1. The van der Waals surface area contributed by atoms with Crippen molar-refractivity contribution < 1.29 is 9.90 Å². The molecule has 0 aromatic carbocycles. The molecule has 0 aliphatic rings. The monoisotopic (exact) mass is 222 g/mol. The molecule has 2 nitrogen and oxygen atoms in total. The zero-order chi connectivity index (χ0) is 9.14. The van der Waals surface area contributed by atoms with E-state index in [9.17, 15) is 4.79 Å². The van der Waals surface area contributed by atoms with Crippen molar-refractivity contribution in [2.45, 2.75) is 0 Å². The average molecular weight is 223 g/mol. The molecule has 0 atom stereocenters. The minimum Gasteiger partial charge on any atom is -0.478 e. The molecular weight excluding hydrogens is 219 g/mol. The van der Waals surface area contributed by atoms with E-state index in [1.165, 1.54) is 11.3 Å². The van der Waals surface area contributed by atoms with Gasteiger partial charge in [0.1, 0.15) is 0 Å². The highest BCUT2D eigenvalue weighted by atomic mass is 35.5. The molecule has 64 valence electrons. The normalized spacial score (nSPS) is 11.7. The Morgan fingerprint density at radius 3 is 2.58 bits per heavy atom. The highest BCUT2D eigenvalue weighted by Gasteiger charge is 2.11. The first-order chi connectivity index (χ1) is 5.65. The van der Waals surface area contributed by atoms with Crippen LogP contribution in [0.5, 0.6) is 0 Å². The zero-order valence-corrected chi connectivity index (χ0v) is 8.08. The number of hydrogen-bond acceptors (Lipinski definition) is 2. The fourth-order valence-corrected chi connectivity index (χ4v) is 1.99. The molecular formula is C7H4Cl2O2S. The first kappa shape index (κ1) is 9.58. The van der Waals surface area contributed by atoms with Crippen LogP contribution in [0.25, 0.3) is 5.57 Å². The van der Waals surface area contributed by atoms with Gasteiger partial charge in [0.25, 0.3) is 0 Å². The number of carboxylic acids is 1. The second kappa shape index (κ2) is 3.94. The summed E-state index contributed by atoms with van der Waals surface area (Å²) in [6.07, 6.45) is 0. The molecule has 1 N–H and O–H groups in total. The maximum atomic E-state index is 10.6. The SMILES string of the molecule is O=C(O)C(=CCl)c1ccc(Cl)s1. The van der Waals surface area contributed by atoms with Crippen LogP contribution in [0, 0.1) is 0 Å². The van der Waals surface area contributed by atoms with Crippen LogP contribution in [0.3, 0.4) is 0 Å². The number of carboxylic acid groups (broad SMARTS) is 1. The first-order valence-corrected chi connectivity index (χ1v) is 4.57. The lowest BCUT2D eigenvalue weighted by Gasteiger charge is -1.93. The second-order valence-corrected chi connectivity index (χ2v) is 3.86. The Morgan fingerprint density at radius 1 is 1.58 bits per heavy atom. The Hall–Kier alpha value is -0.510. The van der Waals surface area contributed by atoms with E-state index in [0.29, 0.717) is 9.21 Å². The fourth-order valence-electron chi connectivity index (χ4n) is 0.665. The number of hydrogen-bond donors (Lipinski definition) is 1. The van der Waals surface area contributed by atoms with Gasteiger partial charge in [-0.3, -0.25) is 0 Å². The highest BCUT2D eigenvalue weighted by molar-refractivity contribution is 7.17. The summed E-state index contributed by atoms with van der Waals surface area (Å²) in [4.78, 5) is 11.1. The van der Waals surface area contributed by atoms with Gasteiger partial charge in [0, 0.05) is 10.4 Å². The molecule has 0 amide bonds. The van der Waals surface area contributed by atoms with E-state index in [-0.39, 0.29) is 5.57 Å². The number of aliphatic carboxylic acids is 1. The second-order valence-electron chi connectivity index (χ2n) is 1.93. The topological polar surface area (TPSA) is 37.3 Å². The molecule has 1 aromatic heterocycles. The molecule has 0 spiro atoms. The van der Waals surface area contributed by atoms with Gasteiger partial charge in [-0.2, -0.15) is 0 Å². The van der Waals surface area contributed by atoms with Crippen molar-refractivity contribution in [2.75, 3.05) is 0 Å². The van der Waals surface area contributed by atoms with Crippen LogP contribution in [0.2, 0.25) is 4.34 Å². The Kier molecular flexibility index (Phi) is 3.14. The van der Waals surface area contributed by atoms with Gasteiger partial charge in [0.15, 0.2) is 0 Å². The summed E-state index contributed by atoms with van der Waals surface area (Å²) in [5.74, 6) is -1.05. The predicted octanol–water partition coefficient (Wildman–Crippen LogP) is 3.07. The third-order valence-corrected chi connectivity index (χ3v) is 2.66. The van der Waals surface area contributed by atoms with E-state index < -0.39 is 5.97 Å². The molecule has 1 heterocycles. The van der Waals surface area contributed by atoms with E-state index in [1.54, 1.807) is 12.1 Å². The minimum absolute atomic E-state index is 0.0635. The quantitative estimate of drug-likeness (QED) is 0.782. The number of halogens is 2. The van der Waals surface area contributed by atoms with Gasteiger partial charge in [0.2, 0.25) is 0 Å². The molecule has 0 aliphatic carbocycles. The first-order valence-electron chi connectivity index (χ1n) is 2.94. The Morgan fingerprint density at radius 2 is 2.25 bits per heavy atom. The van der Waals surface area contributed by atoms with Crippen LogP contribution < -0.4 is 0 Å². The summed E-state index contributed by atoms with van der Waals surface area (Å²) in [5.41, 5.74) is 1.10. The van der Waals surface area contributed by atoms with Crippen molar-refractivity contribution in [3.05, 3.63) is 26.9 Å². The van der Waals surface area contributed by atoms with E-state index in [1.807, 2.05) is 0 Å². The Bertz CT molecular complexity index is 330. The summed E-state index contributed by atoms with van der Waals surface area (Å²) in [6.45, 7) is 0. The van der Waals surface area contributed by atoms with Crippen LogP contribution in [-0.4, -0.2) is 11.1 Å². The fraction of sp³-hybridized carbons (Fsp3) is 0. The van der Waals surface area contributed by atoms with E-state index in [2.05, 4.69) is 0 Å². The van der Waals surface area contributed by atoms with Crippen LogP contribution in [-0.2, 0) is 4.79 Å². The van der Waals surface area contributed by atoms with Crippen molar-refractivity contribution in [1.82, 2.24) is 0 Å². The van der Waals surface area contributed by atoms with Gasteiger partial charge < -0.3 is 5.11 Å². The molecule has 0 aliphatic heterocycles. The molecule has 0 fully saturated rings. The summed E-state index contributed by atoms with van der Waals surface area (Å²) in [7, 11) is 0. The molecule has 1 aromatic rings. The van der Waals surface area contributed by atoms with Gasteiger partial charge in [-0.25, -0.2) is 4.79 Å². The maximum Gasteiger partial charge on any atom is 0.338 e. The smallest absolute Gasteiger partial charge is 0.338 e. The summed E-state index contributed by atoms with van der Waals surface area (Å²) < 4.78 is 0.544. The van der Waals surface area contributed by atoms with Crippen LogP contribution in [0.15, 0.2) is 17.7 Å². The largest absolute Gasteiger partial charge is 0.478 e. The van der Waals surface area contributed by atoms with Crippen LogP contribution in [0.1, 0.15) is 4.88 Å². The number of thiophene rings is 1. The van der Waals surface area contributed by atoms with Crippen molar-refractivity contribution in [1.29, 1.82) is 0 Å². The lowest BCUT2D eigenvalue weighted by atomic mass is 10.2. The summed E-state index contributed by atoms with van der Waals surface area (Å²) >= 11 is 12.1. The zero-order valence-electron chi connectivity index (χ0n) is 5.75. The van der Waals surface area contributed by atoms with E-state index >= 15 is 0 Å². The molecule has 1 rings (SSSR count). The van der Waals surface area contributed by atoms with Crippen LogP contribution in [0.4, 0.5) is 0 Å². The van der Waals surface area contributed by atoms with E-state index in [4.69, 9.17) is 28.3 Å². The van der Waals surface area contributed by atoms with Gasteiger partial charge in [-0.15, -0.1) is 11.3 Å². The van der Waals surface area contributed by atoms with Crippen molar-refractivity contribution in [3.63, 3.8) is 0 Å². The van der Waals surface area contributed by atoms with Crippen molar-refractivity contribution >= 4 is 46.1 Å². The standard InChI is InChI=1S/C7H4Cl2O2S/c8-3-4(7(10)11)5-1-2-6(9)12-5/h1-3H,(H,10,11). The van der Waals surface area contributed by atoms with Crippen LogP contribution >= 0.6 is 34.5 Å². The minimum atomic E-state index is -1.05. The number of rotatable bonds is 2. The highest BCUT2D eigenvalue weighted by Crippen LogP contribution is 2.28. The van der Waals surface area contributed by atoms with Crippen molar-refractivity contribution in [3.8, 4) is 0 Å². The van der Waals surface area contributed by atoms with E-state index in [0.717, 1.165) is 5.54 Å². The van der Waals surface area contributed by atoms with Gasteiger partial charge >= 0.3 is 5.97 Å². The molecule has 0 radical (unpaired) electrons. The third kappa shape index (κ3) is 2.00. The van der Waals surface area contributed by atoms with Gasteiger partial charge in [-0.1, -0.05) is 23.2 Å². The average Bonchev–Trinajstić information content (AvgIpc) is 2.37. The third-order valence-electron chi connectivity index (χ3n) is 1.18. The molecule has 0 bridgehead atoms. The van der Waals surface area contributed by atoms with Crippen molar-refractivity contribution in [2.24, 2.45) is 0 Å². The lowest BCUT2D eigenvalue weighted by Crippen LogP contribution is -1.96. The Balaban J connectivity index is 3.04. The van der Waals surface area contributed by atoms with Gasteiger partial charge in [0.05, 0.1) is 9.91 Å². The summed E-state index contributed by atoms with van der Waals surface area (Å²) in [5, 5.41) is 8.65. The molecule has 0 saturated carbocycles. The molecule has 0 unspecified atom stereocenters.